The highest BCUT2D eigenvalue weighted by molar-refractivity contribution is 6.33. The summed E-state index contributed by atoms with van der Waals surface area (Å²) in [5.41, 5.74) is 2.35. The van der Waals surface area contributed by atoms with E-state index in [0.717, 1.165) is 36.6 Å². The van der Waals surface area contributed by atoms with E-state index in [1.54, 1.807) is 0 Å². The smallest absolute Gasteiger partial charge is 0.317 e. The van der Waals surface area contributed by atoms with Crippen molar-refractivity contribution >= 4 is 23.3 Å². The molecule has 2 amide bonds. The van der Waals surface area contributed by atoms with Crippen LogP contribution in [0.1, 0.15) is 18.9 Å². The predicted octanol–water partition coefficient (Wildman–Crippen LogP) is 4.19. The highest BCUT2D eigenvalue weighted by atomic mass is 35.5. The van der Waals surface area contributed by atoms with Crippen LogP contribution in [0.4, 0.5) is 10.5 Å². The molecule has 1 fully saturated rings. The van der Waals surface area contributed by atoms with E-state index in [1.807, 2.05) is 35.2 Å². The SMILES string of the molecule is C[C@@H](CCc1ccccc1)NC(=O)N1CCN(c2ccccc2Cl)CC1. The molecular formula is C21H26ClN3O. The van der Waals surface area contributed by atoms with Crippen molar-refractivity contribution in [3.8, 4) is 0 Å². The van der Waals surface area contributed by atoms with Gasteiger partial charge in [-0.2, -0.15) is 0 Å². The molecule has 1 aliphatic heterocycles. The monoisotopic (exact) mass is 371 g/mol. The van der Waals surface area contributed by atoms with Gasteiger partial charge in [-0.3, -0.25) is 0 Å². The molecule has 138 valence electrons. The Morgan fingerprint density at radius 1 is 1.04 bits per heavy atom. The van der Waals surface area contributed by atoms with Gasteiger partial charge < -0.3 is 15.1 Å². The van der Waals surface area contributed by atoms with Crippen LogP contribution in [0.5, 0.6) is 0 Å². The summed E-state index contributed by atoms with van der Waals surface area (Å²) in [6, 6.07) is 18.4. The van der Waals surface area contributed by atoms with Crippen LogP contribution in [0, 0.1) is 0 Å². The van der Waals surface area contributed by atoms with Crippen molar-refractivity contribution in [3.63, 3.8) is 0 Å². The van der Waals surface area contributed by atoms with Crippen LogP contribution in [0.25, 0.3) is 0 Å². The predicted molar refractivity (Wildman–Crippen MR) is 108 cm³/mol. The number of hydrogen-bond donors (Lipinski definition) is 1. The van der Waals surface area contributed by atoms with Crippen LogP contribution in [0.15, 0.2) is 54.6 Å². The molecule has 3 rings (SSSR count). The number of nitrogens with one attached hydrogen (secondary N) is 1. The van der Waals surface area contributed by atoms with Crippen molar-refractivity contribution in [2.45, 2.75) is 25.8 Å². The van der Waals surface area contributed by atoms with Gasteiger partial charge in [0.25, 0.3) is 0 Å². The topological polar surface area (TPSA) is 35.6 Å². The number of nitrogens with zero attached hydrogens (tertiary/aromatic N) is 2. The molecule has 0 aliphatic carbocycles. The van der Waals surface area contributed by atoms with Crippen LogP contribution in [-0.4, -0.2) is 43.2 Å². The number of anilines is 1. The molecule has 1 atom stereocenters. The zero-order valence-corrected chi connectivity index (χ0v) is 16.0. The van der Waals surface area contributed by atoms with E-state index >= 15 is 0 Å². The van der Waals surface area contributed by atoms with Crippen molar-refractivity contribution in [2.75, 3.05) is 31.1 Å². The van der Waals surface area contributed by atoms with E-state index in [4.69, 9.17) is 11.6 Å². The van der Waals surface area contributed by atoms with Gasteiger partial charge in [-0.15, -0.1) is 0 Å². The van der Waals surface area contributed by atoms with Gasteiger partial charge in [0.05, 0.1) is 10.7 Å². The average Bonchev–Trinajstić information content (AvgIpc) is 2.68. The van der Waals surface area contributed by atoms with Crippen LogP contribution in [0.2, 0.25) is 5.02 Å². The van der Waals surface area contributed by atoms with Crippen molar-refractivity contribution in [1.29, 1.82) is 0 Å². The normalized spacial score (nSPS) is 15.6. The number of carbonyl (C=O) groups excluding carboxylic acids is 1. The number of halogens is 1. The molecule has 0 bridgehead atoms. The number of amides is 2. The average molecular weight is 372 g/mol. The van der Waals surface area contributed by atoms with Crippen molar-refractivity contribution < 1.29 is 4.79 Å². The summed E-state index contributed by atoms with van der Waals surface area (Å²) >= 11 is 6.28. The second kappa shape index (κ2) is 8.95. The Hall–Kier alpha value is -2.20. The van der Waals surface area contributed by atoms with E-state index in [-0.39, 0.29) is 12.1 Å². The first-order valence-corrected chi connectivity index (χ1v) is 9.60. The number of piperazine rings is 1. The number of rotatable bonds is 5. The quantitative estimate of drug-likeness (QED) is 0.855. The number of benzene rings is 2. The molecule has 1 saturated heterocycles. The first kappa shape index (κ1) is 18.6. The lowest BCUT2D eigenvalue weighted by Crippen LogP contribution is -2.53. The number of aryl methyl sites for hydroxylation is 1. The molecule has 1 aliphatic rings. The minimum Gasteiger partial charge on any atom is -0.367 e. The number of urea groups is 1. The molecule has 5 heteroatoms. The van der Waals surface area contributed by atoms with Gasteiger partial charge in [0.1, 0.15) is 0 Å². The molecule has 0 radical (unpaired) electrons. The Balaban J connectivity index is 1.44. The van der Waals surface area contributed by atoms with Gasteiger partial charge in [0.2, 0.25) is 0 Å². The Morgan fingerprint density at radius 3 is 2.38 bits per heavy atom. The van der Waals surface area contributed by atoms with Crippen LogP contribution < -0.4 is 10.2 Å². The highest BCUT2D eigenvalue weighted by Crippen LogP contribution is 2.26. The molecule has 2 aromatic carbocycles. The zero-order chi connectivity index (χ0) is 18.4. The maximum Gasteiger partial charge on any atom is 0.317 e. The van der Waals surface area contributed by atoms with Crippen LogP contribution in [0.3, 0.4) is 0 Å². The van der Waals surface area contributed by atoms with Gasteiger partial charge in [0, 0.05) is 32.2 Å². The summed E-state index contributed by atoms with van der Waals surface area (Å²) in [7, 11) is 0. The molecule has 1 N–H and O–H groups in total. The molecule has 26 heavy (non-hydrogen) atoms. The molecule has 1 heterocycles. The minimum atomic E-state index is 0.0318. The maximum atomic E-state index is 12.5. The molecule has 0 unspecified atom stereocenters. The van der Waals surface area contributed by atoms with Crippen molar-refractivity contribution in [3.05, 3.63) is 65.2 Å². The summed E-state index contributed by atoms with van der Waals surface area (Å²) in [4.78, 5) is 16.6. The number of hydrogen-bond acceptors (Lipinski definition) is 2. The van der Waals surface area contributed by atoms with Crippen molar-refractivity contribution in [2.24, 2.45) is 0 Å². The summed E-state index contributed by atoms with van der Waals surface area (Å²) in [5, 5.41) is 3.89. The standard InChI is InChI=1S/C21H26ClN3O/c1-17(11-12-18-7-3-2-4-8-18)23-21(26)25-15-13-24(14-16-25)20-10-6-5-9-19(20)22/h2-10,17H,11-16H2,1H3,(H,23,26)/t17-/m0/s1. The van der Waals surface area contributed by atoms with Crippen molar-refractivity contribution in [1.82, 2.24) is 10.2 Å². The number of para-hydroxylation sites is 1. The lowest BCUT2D eigenvalue weighted by atomic mass is 10.1. The minimum absolute atomic E-state index is 0.0318. The van der Waals surface area contributed by atoms with Gasteiger partial charge in [0.15, 0.2) is 0 Å². The van der Waals surface area contributed by atoms with Gasteiger partial charge in [-0.1, -0.05) is 54.1 Å². The van der Waals surface area contributed by atoms with Gasteiger partial charge in [-0.05, 0) is 37.5 Å². The molecule has 0 saturated carbocycles. The van der Waals surface area contributed by atoms with E-state index in [1.165, 1.54) is 5.56 Å². The zero-order valence-electron chi connectivity index (χ0n) is 15.2. The van der Waals surface area contributed by atoms with Crippen LogP contribution in [-0.2, 0) is 6.42 Å². The second-order valence-electron chi connectivity index (χ2n) is 6.80. The Morgan fingerprint density at radius 2 is 1.69 bits per heavy atom. The summed E-state index contributed by atoms with van der Waals surface area (Å²) in [6.45, 7) is 5.09. The van der Waals surface area contributed by atoms with E-state index < -0.39 is 0 Å². The third-order valence-electron chi connectivity index (χ3n) is 4.84. The molecule has 4 nitrogen and oxygen atoms in total. The molecule has 0 aromatic heterocycles. The summed E-state index contributed by atoms with van der Waals surface area (Å²) in [5.74, 6) is 0. The van der Waals surface area contributed by atoms with Crippen LogP contribution >= 0.6 is 11.6 Å². The Bertz CT molecular complexity index is 714. The summed E-state index contributed by atoms with van der Waals surface area (Å²) < 4.78 is 0. The molecule has 0 spiro atoms. The Labute approximate surface area is 160 Å². The fourth-order valence-corrected chi connectivity index (χ4v) is 3.52. The molecule has 2 aromatic rings. The molecular weight excluding hydrogens is 346 g/mol. The third kappa shape index (κ3) is 4.92. The fraction of sp³-hybridized carbons (Fsp3) is 0.381. The van der Waals surface area contributed by atoms with E-state index in [2.05, 4.69) is 41.4 Å². The lowest BCUT2D eigenvalue weighted by molar-refractivity contribution is 0.190. The lowest BCUT2D eigenvalue weighted by Gasteiger charge is -2.36. The van der Waals surface area contributed by atoms with E-state index in [0.29, 0.717) is 13.1 Å². The maximum absolute atomic E-state index is 12.5. The first-order valence-electron chi connectivity index (χ1n) is 9.22. The second-order valence-corrected chi connectivity index (χ2v) is 7.21. The summed E-state index contributed by atoms with van der Waals surface area (Å²) in [6.07, 6.45) is 1.91. The first-order chi connectivity index (χ1) is 12.6. The van der Waals surface area contributed by atoms with Gasteiger partial charge >= 0.3 is 6.03 Å². The largest absolute Gasteiger partial charge is 0.367 e. The van der Waals surface area contributed by atoms with E-state index in [9.17, 15) is 4.79 Å². The third-order valence-corrected chi connectivity index (χ3v) is 5.16. The highest BCUT2D eigenvalue weighted by Gasteiger charge is 2.23. The Kier molecular flexibility index (Phi) is 6.40. The number of carbonyl (C=O) groups is 1. The fourth-order valence-electron chi connectivity index (χ4n) is 3.26. The van der Waals surface area contributed by atoms with Gasteiger partial charge in [-0.25, -0.2) is 4.79 Å².